The van der Waals surface area contributed by atoms with Gasteiger partial charge in [0.25, 0.3) is 0 Å². The van der Waals surface area contributed by atoms with Crippen molar-refractivity contribution in [3.05, 3.63) is 47.8 Å². The summed E-state index contributed by atoms with van der Waals surface area (Å²) >= 11 is 0. The van der Waals surface area contributed by atoms with Crippen LogP contribution >= 0.6 is 0 Å². The van der Waals surface area contributed by atoms with Crippen LogP contribution < -0.4 is 4.74 Å². The van der Waals surface area contributed by atoms with E-state index in [0.717, 1.165) is 23.4 Å². The quantitative estimate of drug-likeness (QED) is 0.868. The Balaban J connectivity index is 2.06. The maximum atomic E-state index is 9.95. The third-order valence-electron chi connectivity index (χ3n) is 3.07. The van der Waals surface area contributed by atoms with Crippen LogP contribution in [0, 0.1) is 0 Å². The zero-order valence-corrected chi connectivity index (χ0v) is 11.4. The van der Waals surface area contributed by atoms with Crippen LogP contribution in [0.3, 0.4) is 0 Å². The second-order valence-electron chi connectivity index (χ2n) is 4.45. The van der Waals surface area contributed by atoms with Gasteiger partial charge in [0.15, 0.2) is 0 Å². The Hall–Kier alpha value is -1.81. The van der Waals surface area contributed by atoms with Gasteiger partial charge in [-0.3, -0.25) is 4.68 Å². The van der Waals surface area contributed by atoms with E-state index in [9.17, 15) is 5.11 Å². The molecule has 0 radical (unpaired) electrons. The minimum atomic E-state index is -0.477. The molecule has 0 fully saturated rings. The Bertz CT molecular complexity index is 522. The summed E-state index contributed by atoms with van der Waals surface area (Å²) < 4.78 is 7.66. The van der Waals surface area contributed by atoms with Crippen molar-refractivity contribution in [2.75, 3.05) is 0 Å². The van der Waals surface area contributed by atoms with Gasteiger partial charge in [-0.05, 0) is 19.4 Å². The standard InChI is InChI=1S/C15H20N2O2/c1-3-14(18)13-7-5-6-8-15(13)19-11-12-9-16-17(4-2)10-12/h5-10,14,18H,3-4,11H2,1-2H3. The van der Waals surface area contributed by atoms with Gasteiger partial charge in [-0.1, -0.05) is 25.1 Å². The molecule has 0 aliphatic heterocycles. The Labute approximate surface area is 113 Å². The van der Waals surface area contributed by atoms with Crippen LogP contribution in [0.15, 0.2) is 36.7 Å². The molecule has 0 spiro atoms. The van der Waals surface area contributed by atoms with Crippen molar-refractivity contribution in [2.24, 2.45) is 0 Å². The second-order valence-corrected chi connectivity index (χ2v) is 4.45. The first-order valence-electron chi connectivity index (χ1n) is 6.65. The Morgan fingerprint density at radius 1 is 1.32 bits per heavy atom. The zero-order chi connectivity index (χ0) is 13.7. The van der Waals surface area contributed by atoms with E-state index in [2.05, 4.69) is 5.10 Å². The SMILES string of the molecule is CCC(O)c1ccccc1OCc1cnn(CC)c1. The highest BCUT2D eigenvalue weighted by Crippen LogP contribution is 2.27. The molecule has 1 N–H and O–H groups in total. The van der Waals surface area contributed by atoms with Crippen molar-refractivity contribution in [3.63, 3.8) is 0 Å². The van der Waals surface area contributed by atoms with Crippen LogP contribution in [0.25, 0.3) is 0 Å². The molecule has 4 nitrogen and oxygen atoms in total. The molecule has 1 atom stereocenters. The number of aliphatic hydroxyl groups is 1. The molecule has 4 heteroatoms. The maximum Gasteiger partial charge on any atom is 0.125 e. The van der Waals surface area contributed by atoms with Crippen molar-refractivity contribution < 1.29 is 9.84 Å². The first kappa shape index (κ1) is 13.6. The normalized spacial score (nSPS) is 12.4. The highest BCUT2D eigenvalue weighted by molar-refractivity contribution is 5.35. The molecule has 0 bridgehead atoms. The number of aliphatic hydroxyl groups excluding tert-OH is 1. The second kappa shape index (κ2) is 6.38. The molecule has 0 amide bonds. The molecule has 1 unspecified atom stereocenters. The predicted octanol–water partition coefficient (Wildman–Crippen LogP) is 2.93. The molecule has 1 heterocycles. The summed E-state index contributed by atoms with van der Waals surface area (Å²) in [5.41, 5.74) is 1.87. The van der Waals surface area contributed by atoms with Crippen LogP contribution in [-0.2, 0) is 13.2 Å². The summed E-state index contributed by atoms with van der Waals surface area (Å²) in [6.07, 6.45) is 3.98. The summed E-state index contributed by atoms with van der Waals surface area (Å²) in [4.78, 5) is 0. The minimum absolute atomic E-state index is 0.466. The van der Waals surface area contributed by atoms with Crippen molar-refractivity contribution in [1.82, 2.24) is 9.78 Å². The summed E-state index contributed by atoms with van der Waals surface area (Å²) in [7, 11) is 0. The van der Waals surface area contributed by atoms with Crippen molar-refractivity contribution in [3.8, 4) is 5.75 Å². The molecule has 2 aromatic rings. The number of rotatable bonds is 6. The fraction of sp³-hybridized carbons (Fsp3) is 0.400. The molecule has 2 rings (SSSR count). The maximum absolute atomic E-state index is 9.95. The first-order chi connectivity index (χ1) is 9.24. The van der Waals surface area contributed by atoms with Crippen molar-refractivity contribution in [2.45, 2.75) is 39.5 Å². The molecule has 1 aromatic heterocycles. The van der Waals surface area contributed by atoms with Crippen LogP contribution in [0.1, 0.15) is 37.5 Å². The number of hydrogen-bond acceptors (Lipinski definition) is 3. The van der Waals surface area contributed by atoms with E-state index < -0.39 is 6.10 Å². The van der Waals surface area contributed by atoms with Gasteiger partial charge in [0.2, 0.25) is 0 Å². The average Bonchev–Trinajstić information content (AvgIpc) is 2.92. The lowest BCUT2D eigenvalue weighted by molar-refractivity contribution is 0.166. The van der Waals surface area contributed by atoms with E-state index in [1.54, 1.807) is 0 Å². The van der Waals surface area contributed by atoms with E-state index in [4.69, 9.17) is 4.74 Å². The number of benzene rings is 1. The van der Waals surface area contributed by atoms with Gasteiger partial charge in [-0.25, -0.2) is 0 Å². The van der Waals surface area contributed by atoms with E-state index in [1.165, 1.54) is 0 Å². The van der Waals surface area contributed by atoms with Gasteiger partial charge in [-0.15, -0.1) is 0 Å². The molecule has 1 aromatic carbocycles. The molecule has 0 aliphatic carbocycles. The number of hydrogen-bond donors (Lipinski definition) is 1. The lowest BCUT2D eigenvalue weighted by Gasteiger charge is -2.14. The van der Waals surface area contributed by atoms with Crippen LogP contribution in [-0.4, -0.2) is 14.9 Å². The van der Waals surface area contributed by atoms with Gasteiger partial charge < -0.3 is 9.84 Å². The lowest BCUT2D eigenvalue weighted by Crippen LogP contribution is -2.02. The number of aromatic nitrogens is 2. The average molecular weight is 260 g/mol. The van der Waals surface area contributed by atoms with E-state index in [1.807, 2.05) is 55.2 Å². The lowest BCUT2D eigenvalue weighted by atomic mass is 10.1. The van der Waals surface area contributed by atoms with E-state index >= 15 is 0 Å². The van der Waals surface area contributed by atoms with Crippen LogP contribution in [0.2, 0.25) is 0 Å². The summed E-state index contributed by atoms with van der Waals surface area (Å²) in [5, 5.41) is 14.2. The molecule has 0 saturated heterocycles. The van der Waals surface area contributed by atoms with Gasteiger partial charge in [-0.2, -0.15) is 5.10 Å². The number of nitrogens with zero attached hydrogens (tertiary/aromatic N) is 2. The van der Waals surface area contributed by atoms with Gasteiger partial charge in [0.05, 0.1) is 12.3 Å². The first-order valence-corrected chi connectivity index (χ1v) is 6.65. The zero-order valence-electron chi connectivity index (χ0n) is 11.4. The fourth-order valence-electron chi connectivity index (χ4n) is 1.92. The number of ether oxygens (including phenoxy) is 1. The molecule has 19 heavy (non-hydrogen) atoms. The molecular weight excluding hydrogens is 240 g/mol. The summed E-state index contributed by atoms with van der Waals surface area (Å²) in [5.74, 6) is 0.737. The van der Waals surface area contributed by atoms with Crippen LogP contribution in [0.4, 0.5) is 0 Å². The largest absolute Gasteiger partial charge is 0.488 e. The topological polar surface area (TPSA) is 47.3 Å². The third-order valence-corrected chi connectivity index (χ3v) is 3.07. The molecule has 0 saturated carbocycles. The number of para-hydroxylation sites is 1. The smallest absolute Gasteiger partial charge is 0.125 e. The number of aryl methyl sites for hydroxylation is 1. The van der Waals surface area contributed by atoms with Crippen LogP contribution in [0.5, 0.6) is 5.75 Å². The summed E-state index contributed by atoms with van der Waals surface area (Å²) in [6.45, 7) is 5.32. The Morgan fingerprint density at radius 3 is 2.79 bits per heavy atom. The Morgan fingerprint density at radius 2 is 2.11 bits per heavy atom. The predicted molar refractivity (Wildman–Crippen MR) is 73.9 cm³/mol. The van der Waals surface area contributed by atoms with Crippen molar-refractivity contribution >= 4 is 0 Å². The Kier molecular flexibility index (Phi) is 4.58. The van der Waals surface area contributed by atoms with Gasteiger partial charge in [0.1, 0.15) is 12.4 Å². The summed E-state index contributed by atoms with van der Waals surface area (Å²) in [6, 6.07) is 7.62. The fourth-order valence-corrected chi connectivity index (χ4v) is 1.92. The molecule has 102 valence electrons. The molecular formula is C15H20N2O2. The minimum Gasteiger partial charge on any atom is -0.488 e. The highest BCUT2D eigenvalue weighted by atomic mass is 16.5. The monoisotopic (exact) mass is 260 g/mol. The van der Waals surface area contributed by atoms with E-state index in [-0.39, 0.29) is 0 Å². The molecule has 0 aliphatic rings. The van der Waals surface area contributed by atoms with Crippen molar-refractivity contribution in [1.29, 1.82) is 0 Å². The van der Waals surface area contributed by atoms with Gasteiger partial charge in [0, 0.05) is 23.9 Å². The van der Waals surface area contributed by atoms with E-state index in [0.29, 0.717) is 13.0 Å². The van der Waals surface area contributed by atoms with Gasteiger partial charge >= 0.3 is 0 Å². The highest BCUT2D eigenvalue weighted by Gasteiger charge is 2.11. The third kappa shape index (κ3) is 3.35.